The number of thiazole rings is 1. The van der Waals surface area contributed by atoms with Crippen molar-refractivity contribution in [3.63, 3.8) is 0 Å². The zero-order valence-corrected chi connectivity index (χ0v) is 13.0. The third kappa shape index (κ3) is 3.56. The van der Waals surface area contributed by atoms with Gasteiger partial charge in [0.15, 0.2) is 5.13 Å². The summed E-state index contributed by atoms with van der Waals surface area (Å²) in [7, 11) is 0. The van der Waals surface area contributed by atoms with Gasteiger partial charge in [0.2, 0.25) is 5.91 Å². The maximum absolute atomic E-state index is 12.2. The summed E-state index contributed by atoms with van der Waals surface area (Å²) in [6.45, 7) is 6.00. The van der Waals surface area contributed by atoms with Crippen LogP contribution in [0.2, 0.25) is 0 Å². The molecule has 0 bridgehead atoms. The third-order valence-corrected chi connectivity index (χ3v) is 5.14. The molecule has 1 aliphatic rings. The van der Waals surface area contributed by atoms with E-state index in [9.17, 15) is 4.79 Å². The van der Waals surface area contributed by atoms with Crippen LogP contribution < -0.4 is 5.32 Å². The van der Waals surface area contributed by atoms with Crippen molar-refractivity contribution in [2.75, 3.05) is 5.32 Å². The minimum Gasteiger partial charge on any atom is -0.301 e. The number of carbonyl (C=O) groups excluding carboxylic acids is 1. The number of amides is 1. The summed E-state index contributed by atoms with van der Waals surface area (Å²) in [4.78, 5) is 18.2. The Balaban J connectivity index is 2.09. The molecule has 1 aromatic rings. The Hall–Kier alpha value is -0.900. The molecule has 0 aliphatic heterocycles. The minimum absolute atomic E-state index is 0.0803. The number of aromatic nitrogens is 1. The van der Waals surface area contributed by atoms with Crippen LogP contribution in [0.1, 0.15) is 63.4 Å². The van der Waals surface area contributed by atoms with Crippen LogP contribution in [-0.4, -0.2) is 10.9 Å². The van der Waals surface area contributed by atoms with Crippen LogP contribution in [0.4, 0.5) is 5.13 Å². The summed E-state index contributed by atoms with van der Waals surface area (Å²) < 4.78 is 0. The molecule has 0 atom stereocenters. The van der Waals surface area contributed by atoms with Crippen molar-refractivity contribution in [2.45, 2.75) is 65.7 Å². The highest BCUT2D eigenvalue weighted by Gasteiger charge is 2.26. The van der Waals surface area contributed by atoms with Crippen molar-refractivity contribution < 1.29 is 4.79 Å². The van der Waals surface area contributed by atoms with Gasteiger partial charge in [-0.1, -0.05) is 33.6 Å². The van der Waals surface area contributed by atoms with E-state index in [2.05, 4.69) is 10.3 Å². The highest BCUT2D eigenvalue weighted by atomic mass is 32.1. The molecule has 0 saturated carbocycles. The molecule has 0 radical (unpaired) electrons. The predicted molar refractivity (Wildman–Crippen MR) is 80.7 cm³/mol. The molecule has 2 rings (SSSR count). The summed E-state index contributed by atoms with van der Waals surface area (Å²) in [5.41, 5.74) is 0.897. The average Bonchev–Trinajstić information content (AvgIpc) is 2.71. The fraction of sp³-hybridized carbons (Fsp3) is 0.733. The van der Waals surface area contributed by atoms with Gasteiger partial charge in [0.25, 0.3) is 0 Å². The quantitative estimate of drug-likeness (QED) is 0.902. The Morgan fingerprint density at radius 1 is 1.26 bits per heavy atom. The standard InChI is InChI=1S/C15H24N2OS/c1-4-15(2,3)13(18)17-14-16-11-9-7-5-6-8-10-12(11)19-14/h4-10H2,1-3H3,(H,16,17,18). The fourth-order valence-electron chi connectivity index (χ4n) is 2.19. The largest absolute Gasteiger partial charge is 0.301 e. The summed E-state index contributed by atoms with van der Waals surface area (Å²) in [6, 6.07) is 0. The predicted octanol–water partition coefficient (Wildman–Crippen LogP) is 4.18. The van der Waals surface area contributed by atoms with Gasteiger partial charge in [-0.15, -0.1) is 11.3 Å². The summed E-state index contributed by atoms with van der Waals surface area (Å²) >= 11 is 1.67. The highest BCUT2D eigenvalue weighted by molar-refractivity contribution is 7.15. The smallest absolute Gasteiger partial charge is 0.231 e. The lowest BCUT2D eigenvalue weighted by molar-refractivity contribution is -0.124. The normalized spacial score (nSPS) is 16.4. The second kappa shape index (κ2) is 6.04. The Labute approximate surface area is 119 Å². The van der Waals surface area contributed by atoms with Gasteiger partial charge >= 0.3 is 0 Å². The lowest BCUT2D eigenvalue weighted by Gasteiger charge is -2.20. The molecular formula is C15H24N2OS. The Morgan fingerprint density at radius 3 is 2.63 bits per heavy atom. The van der Waals surface area contributed by atoms with Gasteiger partial charge in [-0.05, 0) is 32.1 Å². The lowest BCUT2D eigenvalue weighted by atomic mass is 9.89. The first-order valence-electron chi connectivity index (χ1n) is 7.33. The topological polar surface area (TPSA) is 42.0 Å². The van der Waals surface area contributed by atoms with Gasteiger partial charge in [0.05, 0.1) is 5.69 Å². The van der Waals surface area contributed by atoms with Crippen LogP contribution >= 0.6 is 11.3 Å². The molecule has 3 nitrogen and oxygen atoms in total. The first-order chi connectivity index (χ1) is 9.03. The molecular weight excluding hydrogens is 256 g/mol. The monoisotopic (exact) mass is 280 g/mol. The summed E-state index contributed by atoms with van der Waals surface area (Å²) in [6.07, 6.45) is 8.14. The molecule has 0 unspecified atom stereocenters. The maximum atomic E-state index is 12.2. The van der Waals surface area contributed by atoms with E-state index in [1.54, 1.807) is 11.3 Å². The van der Waals surface area contributed by atoms with Gasteiger partial charge in [0.1, 0.15) is 0 Å². The third-order valence-electron chi connectivity index (χ3n) is 4.06. The SMILES string of the molecule is CCC(C)(C)C(=O)Nc1nc2c(s1)CCCCCC2. The van der Waals surface area contributed by atoms with E-state index in [0.717, 1.165) is 24.4 Å². The van der Waals surface area contributed by atoms with E-state index >= 15 is 0 Å². The lowest BCUT2D eigenvalue weighted by Crippen LogP contribution is -2.29. The van der Waals surface area contributed by atoms with Gasteiger partial charge in [-0.25, -0.2) is 4.98 Å². The van der Waals surface area contributed by atoms with Crippen LogP contribution in [0.25, 0.3) is 0 Å². The van der Waals surface area contributed by atoms with E-state index in [1.807, 2.05) is 20.8 Å². The molecule has 0 aromatic carbocycles. The van der Waals surface area contributed by atoms with Crippen molar-refractivity contribution in [2.24, 2.45) is 5.41 Å². The van der Waals surface area contributed by atoms with Crippen LogP contribution in [0.15, 0.2) is 0 Å². The number of aryl methyl sites for hydroxylation is 2. The number of nitrogens with zero attached hydrogens (tertiary/aromatic N) is 1. The molecule has 1 amide bonds. The average molecular weight is 280 g/mol. The molecule has 1 aromatic heterocycles. The Kier molecular flexibility index (Phi) is 4.61. The first-order valence-corrected chi connectivity index (χ1v) is 8.14. The molecule has 0 saturated heterocycles. The number of rotatable bonds is 3. The van der Waals surface area contributed by atoms with Crippen LogP contribution in [-0.2, 0) is 17.6 Å². The minimum atomic E-state index is -0.319. The van der Waals surface area contributed by atoms with E-state index < -0.39 is 0 Å². The Bertz CT molecular complexity index is 425. The molecule has 0 fully saturated rings. The van der Waals surface area contributed by atoms with Crippen molar-refractivity contribution in [3.05, 3.63) is 10.6 Å². The van der Waals surface area contributed by atoms with E-state index in [-0.39, 0.29) is 11.3 Å². The number of hydrogen-bond acceptors (Lipinski definition) is 3. The summed E-state index contributed by atoms with van der Waals surface area (Å²) in [5.74, 6) is 0.0803. The highest BCUT2D eigenvalue weighted by Crippen LogP contribution is 2.30. The number of carbonyl (C=O) groups is 1. The maximum Gasteiger partial charge on any atom is 0.231 e. The van der Waals surface area contributed by atoms with E-state index in [1.165, 1.54) is 36.3 Å². The van der Waals surface area contributed by atoms with E-state index in [0.29, 0.717) is 0 Å². The molecule has 4 heteroatoms. The number of fused-ring (bicyclic) bond motifs is 1. The van der Waals surface area contributed by atoms with Crippen molar-refractivity contribution in [1.82, 2.24) is 4.98 Å². The van der Waals surface area contributed by atoms with Crippen molar-refractivity contribution >= 4 is 22.4 Å². The van der Waals surface area contributed by atoms with Gasteiger partial charge in [-0.3, -0.25) is 4.79 Å². The van der Waals surface area contributed by atoms with Gasteiger partial charge in [-0.2, -0.15) is 0 Å². The second-order valence-corrected chi connectivity index (χ2v) is 7.08. The first kappa shape index (κ1) is 14.5. The number of anilines is 1. The van der Waals surface area contributed by atoms with Crippen molar-refractivity contribution in [1.29, 1.82) is 0 Å². The summed E-state index contributed by atoms with van der Waals surface area (Å²) in [5, 5.41) is 3.79. The van der Waals surface area contributed by atoms with Crippen LogP contribution in [0, 0.1) is 5.41 Å². The molecule has 1 aliphatic carbocycles. The molecule has 1 heterocycles. The van der Waals surface area contributed by atoms with Gasteiger partial charge in [0, 0.05) is 10.3 Å². The van der Waals surface area contributed by atoms with Gasteiger partial charge < -0.3 is 5.32 Å². The number of hydrogen-bond donors (Lipinski definition) is 1. The van der Waals surface area contributed by atoms with E-state index in [4.69, 9.17) is 0 Å². The second-order valence-electron chi connectivity index (χ2n) is 5.99. The fourth-order valence-corrected chi connectivity index (χ4v) is 3.23. The number of nitrogens with one attached hydrogen (secondary N) is 1. The Morgan fingerprint density at radius 2 is 1.95 bits per heavy atom. The molecule has 1 N–H and O–H groups in total. The zero-order chi connectivity index (χ0) is 13.9. The molecule has 0 spiro atoms. The van der Waals surface area contributed by atoms with Crippen LogP contribution in [0.3, 0.4) is 0 Å². The zero-order valence-electron chi connectivity index (χ0n) is 12.2. The van der Waals surface area contributed by atoms with Crippen LogP contribution in [0.5, 0.6) is 0 Å². The molecule has 19 heavy (non-hydrogen) atoms. The van der Waals surface area contributed by atoms with Crippen molar-refractivity contribution in [3.8, 4) is 0 Å². The molecule has 106 valence electrons.